The minimum atomic E-state index is 0.546. The van der Waals surface area contributed by atoms with Crippen LogP contribution in [0.4, 0.5) is 5.82 Å². The maximum Gasteiger partial charge on any atom is 0.189 e. The molecule has 1 aromatic carbocycles. The zero-order chi connectivity index (χ0) is 17.1. The lowest BCUT2D eigenvalue weighted by molar-refractivity contribution is 0.436. The van der Waals surface area contributed by atoms with Gasteiger partial charge in [-0.1, -0.05) is 42.4 Å². The van der Waals surface area contributed by atoms with Gasteiger partial charge in [-0.3, -0.25) is 0 Å². The molecule has 0 unspecified atom stereocenters. The monoisotopic (exact) mass is 358 g/mol. The van der Waals surface area contributed by atoms with Crippen molar-refractivity contribution in [2.24, 2.45) is 5.92 Å². The zero-order valence-electron chi connectivity index (χ0n) is 13.8. The van der Waals surface area contributed by atoms with Crippen LogP contribution in [0.15, 0.2) is 29.4 Å². The van der Waals surface area contributed by atoms with E-state index in [4.69, 9.17) is 11.6 Å². The molecule has 3 rings (SSSR count). The minimum Gasteiger partial charge on any atom is -0.355 e. The number of aromatic nitrogens is 2. The second-order valence-corrected chi connectivity index (χ2v) is 7.26. The Labute approximate surface area is 151 Å². The zero-order valence-corrected chi connectivity index (χ0v) is 15.4. The van der Waals surface area contributed by atoms with Gasteiger partial charge in [-0.25, -0.2) is 9.97 Å². The van der Waals surface area contributed by atoms with Crippen LogP contribution in [0.2, 0.25) is 5.02 Å². The Balaban J connectivity index is 2.10. The summed E-state index contributed by atoms with van der Waals surface area (Å²) in [5, 5.41) is 11.1. The van der Waals surface area contributed by atoms with Crippen molar-refractivity contribution in [3.05, 3.63) is 34.9 Å². The average Bonchev–Trinajstić information content (AvgIpc) is 2.62. The first-order valence-corrected chi connectivity index (χ1v) is 9.59. The van der Waals surface area contributed by atoms with E-state index in [-0.39, 0.29) is 0 Å². The Morgan fingerprint density at radius 2 is 1.88 bits per heavy atom. The second kappa shape index (κ2) is 7.42. The first-order valence-electron chi connectivity index (χ1n) is 7.99. The first kappa shape index (κ1) is 17.1. The van der Waals surface area contributed by atoms with Crippen molar-refractivity contribution in [3.8, 4) is 17.3 Å². The molecule has 6 heteroatoms. The summed E-state index contributed by atoms with van der Waals surface area (Å²) in [7, 11) is 0. The van der Waals surface area contributed by atoms with Gasteiger partial charge in [0.15, 0.2) is 11.0 Å². The summed E-state index contributed by atoms with van der Waals surface area (Å²) >= 11 is 7.48. The molecular formula is C18H19ClN4S. The normalized spacial score (nSPS) is 15.3. The molecule has 1 fully saturated rings. The fourth-order valence-electron chi connectivity index (χ4n) is 2.89. The molecule has 0 saturated carbocycles. The van der Waals surface area contributed by atoms with Crippen molar-refractivity contribution in [1.29, 1.82) is 5.26 Å². The molecule has 1 aliphatic heterocycles. The van der Waals surface area contributed by atoms with Crippen LogP contribution in [0.1, 0.15) is 25.3 Å². The van der Waals surface area contributed by atoms with E-state index >= 15 is 0 Å². The topological polar surface area (TPSA) is 52.8 Å². The molecule has 0 N–H and O–H groups in total. The van der Waals surface area contributed by atoms with Gasteiger partial charge >= 0.3 is 0 Å². The highest BCUT2D eigenvalue weighted by molar-refractivity contribution is 7.98. The number of hydrogen-bond donors (Lipinski definition) is 0. The van der Waals surface area contributed by atoms with E-state index in [0.717, 1.165) is 43.2 Å². The molecule has 0 radical (unpaired) electrons. The molecule has 0 bridgehead atoms. The van der Waals surface area contributed by atoms with E-state index in [1.165, 1.54) is 11.8 Å². The molecule has 0 aliphatic carbocycles. The van der Waals surface area contributed by atoms with Crippen LogP contribution in [-0.4, -0.2) is 29.3 Å². The quantitative estimate of drug-likeness (QED) is 0.591. The third kappa shape index (κ3) is 3.50. The third-order valence-corrected chi connectivity index (χ3v) is 5.16. The summed E-state index contributed by atoms with van der Waals surface area (Å²) < 4.78 is 0. The number of thioether (sulfide) groups is 1. The van der Waals surface area contributed by atoms with E-state index < -0.39 is 0 Å². The fraction of sp³-hybridized carbons (Fsp3) is 0.389. The highest BCUT2D eigenvalue weighted by Crippen LogP contribution is 2.32. The van der Waals surface area contributed by atoms with Crippen LogP contribution in [0.25, 0.3) is 11.3 Å². The predicted octanol–water partition coefficient (Wildman–Crippen LogP) is 4.63. The predicted molar refractivity (Wildman–Crippen MR) is 99.6 cm³/mol. The molecule has 0 spiro atoms. The van der Waals surface area contributed by atoms with Gasteiger partial charge in [0, 0.05) is 23.7 Å². The molecule has 0 atom stereocenters. The van der Waals surface area contributed by atoms with Gasteiger partial charge in [0.25, 0.3) is 0 Å². The number of nitrogens with zero attached hydrogens (tertiary/aromatic N) is 4. The molecule has 1 aliphatic rings. The van der Waals surface area contributed by atoms with Crippen molar-refractivity contribution < 1.29 is 0 Å². The van der Waals surface area contributed by atoms with Gasteiger partial charge in [0.05, 0.1) is 5.69 Å². The fourth-order valence-corrected chi connectivity index (χ4v) is 3.38. The van der Waals surface area contributed by atoms with Gasteiger partial charge in [-0.15, -0.1) is 0 Å². The molecular weight excluding hydrogens is 340 g/mol. The van der Waals surface area contributed by atoms with E-state index in [1.807, 2.05) is 30.5 Å². The lowest BCUT2D eigenvalue weighted by Crippen LogP contribution is -2.34. The van der Waals surface area contributed by atoms with Crippen molar-refractivity contribution in [3.63, 3.8) is 0 Å². The molecule has 1 saturated heterocycles. The summed E-state index contributed by atoms with van der Waals surface area (Å²) in [6.07, 6.45) is 4.20. The largest absolute Gasteiger partial charge is 0.355 e. The summed E-state index contributed by atoms with van der Waals surface area (Å²) in [5.41, 5.74) is 2.12. The Morgan fingerprint density at radius 3 is 2.46 bits per heavy atom. The van der Waals surface area contributed by atoms with Gasteiger partial charge in [-0.2, -0.15) is 5.26 Å². The smallest absolute Gasteiger partial charge is 0.189 e. The maximum absolute atomic E-state index is 9.77. The molecule has 24 heavy (non-hydrogen) atoms. The number of anilines is 1. The highest BCUT2D eigenvalue weighted by atomic mass is 35.5. The number of piperidine rings is 1. The van der Waals surface area contributed by atoms with E-state index in [0.29, 0.717) is 21.4 Å². The molecule has 0 amide bonds. The summed E-state index contributed by atoms with van der Waals surface area (Å²) in [6.45, 7) is 4.14. The standard InChI is InChI=1S/C18H19ClN4S/c1-12-7-9-23(10-8-12)17-15(11-20)16(21-18(22-17)24-2)13-3-5-14(19)6-4-13/h3-6,12H,7-10H2,1-2H3. The lowest BCUT2D eigenvalue weighted by Gasteiger charge is -2.32. The van der Waals surface area contributed by atoms with E-state index in [1.54, 1.807) is 0 Å². The SMILES string of the molecule is CSc1nc(-c2ccc(Cl)cc2)c(C#N)c(N2CCC(C)CC2)n1. The summed E-state index contributed by atoms with van der Waals surface area (Å²) in [5.74, 6) is 1.48. The number of benzene rings is 1. The Morgan fingerprint density at radius 1 is 1.21 bits per heavy atom. The average molecular weight is 359 g/mol. The Kier molecular flexibility index (Phi) is 5.27. The van der Waals surface area contributed by atoms with Gasteiger partial charge in [0.2, 0.25) is 0 Å². The first-order chi connectivity index (χ1) is 11.6. The van der Waals surface area contributed by atoms with Crippen molar-refractivity contribution in [1.82, 2.24) is 9.97 Å². The van der Waals surface area contributed by atoms with Crippen LogP contribution in [0, 0.1) is 17.2 Å². The molecule has 2 heterocycles. The van der Waals surface area contributed by atoms with Crippen molar-refractivity contribution in [2.45, 2.75) is 24.9 Å². The van der Waals surface area contributed by atoms with Crippen LogP contribution in [0.3, 0.4) is 0 Å². The lowest BCUT2D eigenvalue weighted by atomic mass is 9.98. The van der Waals surface area contributed by atoms with Crippen molar-refractivity contribution >= 4 is 29.2 Å². The van der Waals surface area contributed by atoms with Gasteiger partial charge < -0.3 is 4.90 Å². The summed E-state index contributed by atoms with van der Waals surface area (Å²) in [4.78, 5) is 11.5. The van der Waals surface area contributed by atoms with E-state index in [9.17, 15) is 5.26 Å². The maximum atomic E-state index is 9.77. The third-order valence-electron chi connectivity index (χ3n) is 4.36. The minimum absolute atomic E-state index is 0.546. The number of nitriles is 1. The second-order valence-electron chi connectivity index (χ2n) is 6.05. The molecule has 1 aromatic heterocycles. The Bertz CT molecular complexity index is 762. The summed E-state index contributed by atoms with van der Waals surface area (Å²) in [6, 6.07) is 9.77. The van der Waals surface area contributed by atoms with Crippen LogP contribution in [0.5, 0.6) is 0 Å². The number of rotatable bonds is 3. The number of hydrogen-bond acceptors (Lipinski definition) is 5. The van der Waals surface area contributed by atoms with Crippen LogP contribution in [-0.2, 0) is 0 Å². The van der Waals surface area contributed by atoms with Gasteiger partial charge in [-0.05, 0) is 37.1 Å². The van der Waals surface area contributed by atoms with E-state index in [2.05, 4.69) is 27.9 Å². The van der Waals surface area contributed by atoms with Crippen molar-refractivity contribution in [2.75, 3.05) is 24.2 Å². The molecule has 4 nitrogen and oxygen atoms in total. The molecule has 2 aromatic rings. The Hall–Kier alpha value is -1.77. The van der Waals surface area contributed by atoms with Gasteiger partial charge in [0.1, 0.15) is 11.6 Å². The number of halogens is 1. The van der Waals surface area contributed by atoms with Crippen LogP contribution >= 0.6 is 23.4 Å². The van der Waals surface area contributed by atoms with Crippen LogP contribution < -0.4 is 4.90 Å². The molecule has 124 valence electrons. The highest BCUT2D eigenvalue weighted by Gasteiger charge is 2.23.